The Morgan fingerprint density at radius 1 is 0.919 bits per heavy atom. The van der Waals surface area contributed by atoms with Gasteiger partial charge in [0.1, 0.15) is 5.69 Å². The molecule has 1 amide bonds. The Morgan fingerprint density at radius 2 is 1.76 bits per heavy atom. The summed E-state index contributed by atoms with van der Waals surface area (Å²) in [5.41, 5.74) is 7.72. The van der Waals surface area contributed by atoms with Crippen LogP contribution in [0.15, 0.2) is 114 Å². The number of benzene rings is 2. The van der Waals surface area contributed by atoms with E-state index in [0.717, 1.165) is 27.2 Å². The van der Waals surface area contributed by atoms with E-state index in [2.05, 4.69) is 15.5 Å². The van der Waals surface area contributed by atoms with E-state index in [-0.39, 0.29) is 5.91 Å². The molecular formula is C29H20N6OS. The van der Waals surface area contributed by atoms with Crippen molar-refractivity contribution in [1.82, 2.24) is 25.2 Å². The van der Waals surface area contributed by atoms with Crippen LogP contribution >= 0.6 is 11.3 Å². The number of carbonyl (C=O) groups excluding carboxylic acids is 1. The first-order chi connectivity index (χ1) is 18.3. The fourth-order valence-corrected chi connectivity index (χ4v) is 4.76. The Hall–Kier alpha value is -4.95. The van der Waals surface area contributed by atoms with Gasteiger partial charge in [-0.25, -0.2) is 15.1 Å². The Balaban J connectivity index is 1.32. The highest BCUT2D eigenvalue weighted by atomic mass is 32.1. The molecule has 6 aromatic rings. The molecule has 0 spiro atoms. The van der Waals surface area contributed by atoms with Crippen molar-refractivity contribution in [1.29, 1.82) is 0 Å². The molecule has 4 heterocycles. The summed E-state index contributed by atoms with van der Waals surface area (Å²) in [5, 5.41) is 11.8. The number of pyridine rings is 2. The summed E-state index contributed by atoms with van der Waals surface area (Å²) in [6.07, 6.45) is 5.24. The third-order valence-electron chi connectivity index (χ3n) is 5.78. The van der Waals surface area contributed by atoms with E-state index >= 15 is 0 Å². The van der Waals surface area contributed by atoms with Crippen molar-refractivity contribution in [2.75, 3.05) is 0 Å². The van der Waals surface area contributed by atoms with Gasteiger partial charge in [-0.05, 0) is 47.8 Å². The molecule has 2 aromatic carbocycles. The number of nitrogens with one attached hydrogen (secondary N) is 1. The van der Waals surface area contributed by atoms with Crippen LogP contribution in [0.3, 0.4) is 0 Å². The first-order valence-corrected chi connectivity index (χ1v) is 12.5. The second-order valence-electron chi connectivity index (χ2n) is 8.18. The predicted molar refractivity (Wildman–Crippen MR) is 147 cm³/mol. The third kappa shape index (κ3) is 4.65. The number of thiophene rings is 1. The standard InChI is InChI=1S/C29H20N6OS/c36-29(23-17-26(25-13-6-7-15-30-25)32-24-12-5-4-11-22(23)24)33-31-18-20-19-35(21-9-2-1-3-10-21)34-28(20)27-14-8-16-37-27/h1-19H,(H,33,36). The van der Waals surface area contributed by atoms with Gasteiger partial charge in [-0.2, -0.15) is 10.2 Å². The fraction of sp³-hybridized carbons (Fsp3) is 0. The van der Waals surface area contributed by atoms with Gasteiger partial charge in [0.2, 0.25) is 0 Å². The van der Waals surface area contributed by atoms with Gasteiger partial charge in [0.05, 0.1) is 39.2 Å². The van der Waals surface area contributed by atoms with Crippen LogP contribution in [0.1, 0.15) is 15.9 Å². The lowest BCUT2D eigenvalue weighted by Gasteiger charge is -2.08. The zero-order chi connectivity index (χ0) is 25.0. The van der Waals surface area contributed by atoms with Crippen molar-refractivity contribution in [3.63, 3.8) is 0 Å². The van der Waals surface area contributed by atoms with Crippen molar-refractivity contribution >= 4 is 34.4 Å². The summed E-state index contributed by atoms with van der Waals surface area (Å²) >= 11 is 1.60. The zero-order valence-corrected chi connectivity index (χ0v) is 20.3. The monoisotopic (exact) mass is 500 g/mol. The number of aromatic nitrogens is 4. The van der Waals surface area contributed by atoms with E-state index in [4.69, 9.17) is 10.1 Å². The van der Waals surface area contributed by atoms with Gasteiger partial charge in [-0.3, -0.25) is 9.78 Å². The van der Waals surface area contributed by atoms with E-state index in [1.807, 2.05) is 101 Å². The van der Waals surface area contributed by atoms with Crippen LogP contribution < -0.4 is 5.43 Å². The Morgan fingerprint density at radius 3 is 2.57 bits per heavy atom. The second kappa shape index (κ2) is 9.96. The fourth-order valence-electron chi connectivity index (χ4n) is 4.03. The van der Waals surface area contributed by atoms with Gasteiger partial charge in [0.15, 0.2) is 0 Å². The van der Waals surface area contributed by atoms with E-state index in [1.54, 1.807) is 29.8 Å². The molecule has 0 aliphatic heterocycles. The lowest BCUT2D eigenvalue weighted by atomic mass is 10.1. The number of carbonyl (C=O) groups is 1. The maximum Gasteiger partial charge on any atom is 0.272 e. The van der Waals surface area contributed by atoms with Crippen LogP contribution in [0.2, 0.25) is 0 Å². The average Bonchev–Trinajstić information content (AvgIpc) is 3.64. The SMILES string of the molecule is O=C(NN=Cc1cn(-c2ccccc2)nc1-c1cccs1)c1cc(-c2ccccn2)nc2ccccc12. The molecule has 0 radical (unpaired) electrons. The zero-order valence-electron chi connectivity index (χ0n) is 19.5. The average molecular weight is 501 g/mol. The molecule has 178 valence electrons. The summed E-state index contributed by atoms with van der Waals surface area (Å²) in [6.45, 7) is 0. The van der Waals surface area contributed by atoms with Crippen molar-refractivity contribution < 1.29 is 4.79 Å². The van der Waals surface area contributed by atoms with Gasteiger partial charge in [-0.15, -0.1) is 11.3 Å². The molecule has 0 fully saturated rings. The second-order valence-corrected chi connectivity index (χ2v) is 9.12. The third-order valence-corrected chi connectivity index (χ3v) is 6.65. The molecule has 0 aliphatic carbocycles. The number of para-hydroxylation sites is 2. The molecule has 0 atom stereocenters. The highest BCUT2D eigenvalue weighted by Crippen LogP contribution is 2.27. The largest absolute Gasteiger partial charge is 0.272 e. The number of amides is 1. The molecule has 8 heteroatoms. The number of hydrazone groups is 1. The molecule has 1 N–H and O–H groups in total. The summed E-state index contributed by atoms with van der Waals surface area (Å²) in [4.78, 5) is 23.4. The van der Waals surface area contributed by atoms with Gasteiger partial charge >= 0.3 is 0 Å². The first-order valence-electron chi connectivity index (χ1n) is 11.6. The van der Waals surface area contributed by atoms with Crippen molar-refractivity contribution in [2.45, 2.75) is 0 Å². The summed E-state index contributed by atoms with van der Waals surface area (Å²) < 4.78 is 1.81. The highest BCUT2D eigenvalue weighted by Gasteiger charge is 2.15. The predicted octanol–water partition coefficient (Wildman–Crippen LogP) is 5.97. The quantitative estimate of drug-likeness (QED) is 0.225. The lowest BCUT2D eigenvalue weighted by molar-refractivity contribution is 0.0956. The van der Waals surface area contributed by atoms with E-state index in [1.165, 1.54) is 0 Å². The number of hydrogen-bond acceptors (Lipinski definition) is 6. The van der Waals surface area contributed by atoms with Crippen LogP contribution in [0.5, 0.6) is 0 Å². The van der Waals surface area contributed by atoms with E-state index < -0.39 is 0 Å². The molecular weight excluding hydrogens is 480 g/mol. The van der Waals surface area contributed by atoms with E-state index in [9.17, 15) is 4.79 Å². The minimum atomic E-state index is -0.333. The molecule has 0 saturated carbocycles. The molecule has 7 nitrogen and oxygen atoms in total. The first kappa shape index (κ1) is 22.5. The normalized spacial score (nSPS) is 11.2. The lowest BCUT2D eigenvalue weighted by Crippen LogP contribution is -2.18. The summed E-state index contributed by atoms with van der Waals surface area (Å²) in [5.74, 6) is -0.333. The Labute approximate surface area is 216 Å². The van der Waals surface area contributed by atoms with Crippen LogP contribution in [-0.4, -0.2) is 31.9 Å². The molecule has 0 bridgehead atoms. The molecule has 0 unspecified atom stereocenters. The molecule has 6 rings (SSSR count). The van der Waals surface area contributed by atoms with Crippen molar-refractivity contribution in [3.05, 3.63) is 120 Å². The maximum atomic E-state index is 13.3. The van der Waals surface area contributed by atoms with Crippen molar-refractivity contribution in [3.8, 4) is 27.6 Å². The Kier molecular flexibility index (Phi) is 6.06. The summed E-state index contributed by atoms with van der Waals surface area (Å²) in [7, 11) is 0. The van der Waals surface area contributed by atoms with Gasteiger partial charge in [-0.1, -0.05) is 48.5 Å². The van der Waals surface area contributed by atoms with Crippen LogP contribution in [-0.2, 0) is 0 Å². The maximum absolute atomic E-state index is 13.3. The number of hydrogen-bond donors (Lipinski definition) is 1. The number of rotatable bonds is 6. The van der Waals surface area contributed by atoms with Crippen LogP contribution in [0.4, 0.5) is 0 Å². The van der Waals surface area contributed by atoms with Gasteiger partial charge in [0, 0.05) is 23.3 Å². The number of fused-ring (bicyclic) bond motifs is 1. The Bertz CT molecular complexity index is 1710. The summed E-state index contributed by atoms with van der Waals surface area (Å²) in [6, 6.07) is 28.8. The minimum absolute atomic E-state index is 0.333. The molecule has 37 heavy (non-hydrogen) atoms. The highest BCUT2D eigenvalue weighted by molar-refractivity contribution is 7.13. The smallest absolute Gasteiger partial charge is 0.267 e. The van der Waals surface area contributed by atoms with Crippen LogP contribution in [0, 0.1) is 0 Å². The molecule has 0 saturated heterocycles. The minimum Gasteiger partial charge on any atom is -0.267 e. The molecule has 0 aliphatic rings. The topological polar surface area (TPSA) is 85.1 Å². The van der Waals surface area contributed by atoms with Gasteiger partial charge in [0.25, 0.3) is 5.91 Å². The molecule has 4 aromatic heterocycles. The van der Waals surface area contributed by atoms with Gasteiger partial charge < -0.3 is 0 Å². The van der Waals surface area contributed by atoms with E-state index in [0.29, 0.717) is 22.5 Å². The van der Waals surface area contributed by atoms with Crippen molar-refractivity contribution in [2.24, 2.45) is 5.10 Å². The number of nitrogens with zero attached hydrogens (tertiary/aromatic N) is 5. The van der Waals surface area contributed by atoms with Crippen LogP contribution in [0.25, 0.3) is 38.5 Å².